The maximum Gasteiger partial charge on any atom is 0.188 e. The summed E-state index contributed by atoms with van der Waals surface area (Å²) in [6.45, 7) is 0. The van der Waals surface area contributed by atoms with E-state index in [1.807, 2.05) is 6.07 Å². The number of ketones is 2. The van der Waals surface area contributed by atoms with Gasteiger partial charge in [-0.2, -0.15) is 10.5 Å². The molecule has 0 fully saturated rings. The minimum atomic E-state index is -0.414. The summed E-state index contributed by atoms with van der Waals surface area (Å²) in [5, 5.41) is 17.7. The lowest BCUT2D eigenvalue weighted by atomic mass is 9.88. The molecule has 0 saturated heterocycles. The first-order chi connectivity index (χ1) is 7.69. The Kier molecular flexibility index (Phi) is 2.12. The zero-order valence-corrected chi connectivity index (χ0v) is 8.02. The lowest BCUT2D eigenvalue weighted by Crippen LogP contribution is -2.14. The average molecular weight is 208 g/mol. The van der Waals surface area contributed by atoms with Crippen molar-refractivity contribution in [2.75, 3.05) is 0 Å². The van der Waals surface area contributed by atoms with Gasteiger partial charge in [0.05, 0.1) is 16.7 Å². The van der Waals surface area contributed by atoms with Crippen LogP contribution in [-0.4, -0.2) is 11.6 Å². The van der Waals surface area contributed by atoms with Crippen molar-refractivity contribution in [3.63, 3.8) is 0 Å². The maximum absolute atomic E-state index is 11.6. The van der Waals surface area contributed by atoms with Crippen LogP contribution in [0, 0.1) is 22.7 Å². The number of hydrogen-bond acceptors (Lipinski definition) is 4. The number of fused-ring (bicyclic) bond motifs is 1. The third-order valence-corrected chi connectivity index (χ3v) is 2.34. The molecule has 0 N–H and O–H groups in total. The van der Waals surface area contributed by atoms with Gasteiger partial charge in [-0.25, -0.2) is 0 Å². The Balaban J connectivity index is 2.87. The normalized spacial score (nSPS) is 12.9. The van der Waals surface area contributed by atoms with E-state index < -0.39 is 5.78 Å². The first-order valence-electron chi connectivity index (χ1n) is 4.43. The number of allylic oxidation sites excluding steroid dienone is 2. The van der Waals surface area contributed by atoms with Crippen LogP contribution in [0.1, 0.15) is 31.8 Å². The fourth-order valence-corrected chi connectivity index (χ4v) is 1.60. The first kappa shape index (κ1) is 9.82. The molecule has 0 heterocycles. The summed E-state index contributed by atoms with van der Waals surface area (Å²) in [5.74, 6) is -0.737. The molecule has 1 aromatic rings. The summed E-state index contributed by atoms with van der Waals surface area (Å²) < 4.78 is 0. The monoisotopic (exact) mass is 208 g/mol. The van der Waals surface area contributed by atoms with Gasteiger partial charge >= 0.3 is 0 Å². The Morgan fingerprint density at radius 3 is 2.25 bits per heavy atom. The van der Waals surface area contributed by atoms with Gasteiger partial charge in [0.2, 0.25) is 0 Å². The molecule has 0 saturated carbocycles. The molecule has 1 aliphatic rings. The van der Waals surface area contributed by atoms with Crippen LogP contribution >= 0.6 is 0 Å². The van der Waals surface area contributed by atoms with Crippen LogP contribution in [-0.2, 0) is 0 Å². The van der Waals surface area contributed by atoms with Crippen LogP contribution in [0.4, 0.5) is 0 Å². The number of nitriles is 2. The number of carbonyl (C=O) groups excluding carboxylic acids is 2. The lowest BCUT2D eigenvalue weighted by molar-refractivity contribution is 0.0994. The van der Waals surface area contributed by atoms with Crippen LogP contribution in [0.25, 0.3) is 0 Å². The highest BCUT2D eigenvalue weighted by Crippen LogP contribution is 2.23. The summed E-state index contributed by atoms with van der Waals surface area (Å²) in [4.78, 5) is 23.0. The fourth-order valence-electron chi connectivity index (χ4n) is 1.60. The molecule has 0 aromatic heterocycles. The molecule has 0 unspecified atom stereocenters. The molecular weight excluding hydrogens is 204 g/mol. The zero-order valence-electron chi connectivity index (χ0n) is 8.02. The van der Waals surface area contributed by atoms with Crippen molar-refractivity contribution in [3.05, 3.63) is 46.5 Å². The van der Waals surface area contributed by atoms with Gasteiger partial charge in [0, 0.05) is 5.56 Å². The Morgan fingerprint density at radius 2 is 1.62 bits per heavy atom. The Labute approximate surface area is 91.0 Å². The van der Waals surface area contributed by atoms with Crippen LogP contribution in [0.2, 0.25) is 0 Å². The van der Waals surface area contributed by atoms with Crippen LogP contribution in [0.3, 0.4) is 0 Å². The minimum Gasteiger partial charge on any atom is -0.289 e. The molecule has 4 heteroatoms. The summed E-state index contributed by atoms with van der Waals surface area (Å²) in [7, 11) is 0. The molecule has 0 bridgehead atoms. The van der Waals surface area contributed by atoms with Crippen LogP contribution in [0.15, 0.2) is 24.3 Å². The molecule has 2 rings (SSSR count). The molecule has 0 amide bonds. The third-order valence-electron chi connectivity index (χ3n) is 2.34. The van der Waals surface area contributed by atoms with Crippen molar-refractivity contribution in [3.8, 4) is 12.1 Å². The van der Waals surface area contributed by atoms with Crippen LogP contribution < -0.4 is 0 Å². The van der Waals surface area contributed by atoms with E-state index in [0.29, 0.717) is 0 Å². The predicted molar refractivity (Wildman–Crippen MR) is 53.7 cm³/mol. The standard InChI is InChI=1S/C12H4N2O2/c13-5-7-1-2-8-10(15)3-4-11(16)12(8)9(7)6-14/h1-4H. The molecule has 16 heavy (non-hydrogen) atoms. The number of hydrogen-bond donors (Lipinski definition) is 0. The van der Waals surface area contributed by atoms with Crippen molar-refractivity contribution < 1.29 is 9.59 Å². The van der Waals surface area contributed by atoms with Crippen LogP contribution in [0.5, 0.6) is 0 Å². The molecule has 4 nitrogen and oxygen atoms in total. The fraction of sp³-hybridized carbons (Fsp3) is 0. The van der Waals surface area contributed by atoms with E-state index in [9.17, 15) is 9.59 Å². The molecule has 0 radical (unpaired) electrons. The summed E-state index contributed by atoms with van der Waals surface area (Å²) in [6, 6.07) is 6.40. The van der Waals surface area contributed by atoms with Gasteiger partial charge in [0.25, 0.3) is 0 Å². The van der Waals surface area contributed by atoms with Gasteiger partial charge in [-0.3, -0.25) is 9.59 Å². The smallest absolute Gasteiger partial charge is 0.188 e. The zero-order chi connectivity index (χ0) is 11.7. The molecule has 0 atom stereocenters. The maximum atomic E-state index is 11.6. The van der Waals surface area contributed by atoms with Gasteiger partial charge in [-0.15, -0.1) is 0 Å². The summed E-state index contributed by atoms with van der Waals surface area (Å²) >= 11 is 0. The van der Waals surface area contributed by atoms with E-state index in [1.165, 1.54) is 12.1 Å². The number of nitrogens with zero attached hydrogens (tertiary/aromatic N) is 2. The highest BCUT2D eigenvalue weighted by atomic mass is 16.1. The quantitative estimate of drug-likeness (QED) is 0.644. The van der Waals surface area contributed by atoms with Crippen molar-refractivity contribution in [1.82, 2.24) is 0 Å². The summed E-state index contributed by atoms with van der Waals surface area (Å²) in [6.07, 6.45) is 2.28. The van der Waals surface area contributed by atoms with Gasteiger partial charge in [0.1, 0.15) is 12.1 Å². The van der Waals surface area contributed by atoms with E-state index in [1.54, 1.807) is 6.07 Å². The lowest BCUT2D eigenvalue weighted by Gasteiger charge is -2.10. The van der Waals surface area contributed by atoms with Gasteiger partial charge in [-0.05, 0) is 24.3 Å². The van der Waals surface area contributed by atoms with Gasteiger partial charge in [-0.1, -0.05) is 0 Å². The van der Waals surface area contributed by atoms with E-state index in [-0.39, 0.29) is 28.0 Å². The number of benzene rings is 1. The molecule has 1 aliphatic carbocycles. The summed E-state index contributed by atoms with van der Waals surface area (Å²) in [5.41, 5.74) is 0.303. The minimum absolute atomic E-state index is 0.0253. The van der Waals surface area contributed by atoms with E-state index in [2.05, 4.69) is 0 Å². The number of carbonyl (C=O) groups is 2. The molecule has 74 valence electrons. The molecule has 1 aromatic carbocycles. The Morgan fingerprint density at radius 1 is 0.938 bits per heavy atom. The molecule has 0 spiro atoms. The van der Waals surface area contributed by atoms with Crippen molar-refractivity contribution in [1.29, 1.82) is 10.5 Å². The van der Waals surface area contributed by atoms with Crippen molar-refractivity contribution in [2.45, 2.75) is 0 Å². The average Bonchev–Trinajstić information content (AvgIpc) is 2.32. The van der Waals surface area contributed by atoms with E-state index in [0.717, 1.165) is 12.2 Å². The number of rotatable bonds is 0. The van der Waals surface area contributed by atoms with Crippen molar-refractivity contribution >= 4 is 11.6 Å². The highest BCUT2D eigenvalue weighted by molar-refractivity contribution is 6.23. The Bertz CT molecular complexity index is 628. The Hall–Kier alpha value is -2.72. The van der Waals surface area contributed by atoms with Crippen molar-refractivity contribution in [2.24, 2.45) is 0 Å². The van der Waals surface area contributed by atoms with Gasteiger partial charge < -0.3 is 0 Å². The molecular formula is C12H4N2O2. The first-order valence-corrected chi connectivity index (χ1v) is 4.43. The predicted octanol–water partition coefficient (Wildman–Crippen LogP) is 1.37. The van der Waals surface area contributed by atoms with E-state index >= 15 is 0 Å². The topological polar surface area (TPSA) is 81.7 Å². The van der Waals surface area contributed by atoms with E-state index in [4.69, 9.17) is 10.5 Å². The SMILES string of the molecule is N#Cc1ccc2c(c1C#N)C(=O)C=CC2=O. The molecule has 0 aliphatic heterocycles. The second kappa shape index (κ2) is 3.45. The second-order valence-corrected chi connectivity index (χ2v) is 3.20. The third kappa shape index (κ3) is 1.22. The second-order valence-electron chi connectivity index (χ2n) is 3.20. The highest BCUT2D eigenvalue weighted by Gasteiger charge is 2.24. The largest absolute Gasteiger partial charge is 0.289 e. The van der Waals surface area contributed by atoms with Gasteiger partial charge in [0.15, 0.2) is 11.6 Å².